The van der Waals surface area contributed by atoms with Crippen molar-refractivity contribution < 1.29 is 39.9 Å². The maximum Gasteiger partial charge on any atom is 0.430 e. The Kier molecular flexibility index (Phi) is 7.68. The van der Waals surface area contributed by atoms with E-state index in [9.17, 15) is 39.9 Å². The highest BCUT2D eigenvalue weighted by atomic mass is 32.2. The fourth-order valence-electron chi connectivity index (χ4n) is 5.99. The molecule has 2 aromatic carbocycles. The number of aliphatic hydroxyl groups is 1. The van der Waals surface area contributed by atoms with Crippen LogP contribution in [0.1, 0.15) is 54.9 Å². The second kappa shape index (κ2) is 10.0. The summed E-state index contributed by atoms with van der Waals surface area (Å²) in [4.78, 5) is 2.22. The number of hydrogen-bond donors (Lipinski definition) is 1. The Balaban J connectivity index is 1.63. The zero-order chi connectivity index (χ0) is 29.1. The van der Waals surface area contributed by atoms with Crippen molar-refractivity contribution in [1.82, 2.24) is 9.21 Å². The van der Waals surface area contributed by atoms with Crippen LogP contribution in [-0.4, -0.2) is 66.5 Å². The zero-order valence-corrected chi connectivity index (χ0v) is 22.9. The number of alkyl halides is 6. The molecule has 2 bridgehead atoms. The van der Waals surface area contributed by atoms with Crippen molar-refractivity contribution in [3.63, 3.8) is 0 Å². The highest BCUT2D eigenvalue weighted by Crippen LogP contribution is 2.50. The fraction of sp³-hybridized carbons (Fsp3) is 0.556. The molecule has 2 unspecified atom stereocenters. The van der Waals surface area contributed by atoms with Gasteiger partial charge in [-0.1, -0.05) is 50.2 Å². The first-order chi connectivity index (χ1) is 17.8. The van der Waals surface area contributed by atoms with E-state index in [-0.39, 0.29) is 23.6 Å². The Hall–Kier alpha value is -2.15. The van der Waals surface area contributed by atoms with Gasteiger partial charge in [0.05, 0.1) is 6.26 Å². The SMILES string of the molecule is Cc1cc(C(O)(C(F)(F)F)C(F)(F)F)ccc1-c1ccc(CN2CC3CCC(C2)N3S(C)(=O)=O)cc1C(C)C. The van der Waals surface area contributed by atoms with Gasteiger partial charge in [0, 0.05) is 37.3 Å². The Labute approximate surface area is 224 Å². The first-order valence-electron chi connectivity index (χ1n) is 12.7. The van der Waals surface area contributed by atoms with Gasteiger partial charge in [-0.15, -0.1) is 0 Å². The Morgan fingerprint density at radius 1 is 0.923 bits per heavy atom. The van der Waals surface area contributed by atoms with Crippen molar-refractivity contribution in [3.8, 4) is 11.1 Å². The van der Waals surface area contributed by atoms with Crippen LogP contribution in [0, 0.1) is 6.92 Å². The highest BCUT2D eigenvalue weighted by molar-refractivity contribution is 7.88. The summed E-state index contributed by atoms with van der Waals surface area (Å²) in [6.07, 6.45) is -9.02. The molecule has 0 aliphatic carbocycles. The predicted molar refractivity (Wildman–Crippen MR) is 135 cm³/mol. The maximum atomic E-state index is 13.4. The molecule has 39 heavy (non-hydrogen) atoms. The van der Waals surface area contributed by atoms with Crippen LogP contribution in [0.5, 0.6) is 0 Å². The lowest BCUT2D eigenvalue weighted by molar-refractivity contribution is -0.376. The lowest BCUT2D eigenvalue weighted by Crippen LogP contribution is -2.54. The molecule has 216 valence electrons. The average Bonchev–Trinajstić information content (AvgIpc) is 3.09. The number of hydrogen-bond acceptors (Lipinski definition) is 4. The predicted octanol–water partition coefficient (Wildman–Crippen LogP) is 5.71. The van der Waals surface area contributed by atoms with Crippen molar-refractivity contribution in [2.24, 2.45) is 0 Å². The topological polar surface area (TPSA) is 60.9 Å². The molecule has 0 saturated carbocycles. The number of benzene rings is 2. The minimum absolute atomic E-state index is 0.000397. The van der Waals surface area contributed by atoms with Crippen LogP contribution in [-0.2, 0) is 22.2 Å². The quantitative estimate of drug-likeness (QED) is 0.447. The van der Waals surface area contributed by atoms with E-state index in [1.54, 1.807) is 4.31 Å². The smallest absolute Gasteiger partial charge is 0.369 e. The standard InChI is InChI=1S/C27H32F6N2O3S/c1-16(2)24-12-18(13-34-14-20-7-8-21(15-34)35(20)39(4,37)38)5-9-23(24)22-10-6-19(11-17(22)3)25(36,26(28,29)30)27(31,32)33/h5-6,9-12,16,20-21,36H,7-8,13-15H2,1-4H3. The normalized spacial score (nSPS) is 21.6. The second-order valence-corrected chi connectivity index (χ2v) is 12.9. The second-order valence-electron chi connectivity index (χ2n) is 11.0. The summed E-state index contributed by atoms with van der Waals surface area (Å²) >= 11 is 0. The van der Waals surface area contributed by atoms with Crippen LogP contribution < -0.4 is 0 Å². The van der Waals surface area contributed by atoms with E-state index < -0.39 is 33.5 Å². The van der Waals surface area contributed by atoms with Gasteiger partial charge in [0.15, 0.2) is 0 Å². The molecule has 2 aliphatic rings. The third-order valence-electron chi connectivity index (χ3n) is 7.77. The molecule has 5 nitrogen and oxygen atoms in total. The summed E-state index contributed by atoms with van der Waals surface area (Å²) < 4.78 is 106. The van der Waals surface area contributed by atoms with Crippen LogP contribution in [0.25, 0.3) is 11.1 Å². The molecule has 2 aromatic rings. The van der Waals surface area contributed by atoms with Gasteiger partial charge in [-0.2, -0.15) is 30.6 Å². The summed E-state index contributed by atoms with van der Waals surface area (Å²) in [5, 5.41) is 9.79. The van der Waals surface area contributed by atoms with Gasteiger partial charge >= 0.3 is 12.4 Å². The molecule has 0 aromatic heterocycles. The summed E-state index contributed by atoms with van der Waals surface area (Å²) in [6, 6.07) is 8.17. The minimum atomic E-state index is -5.95. The summed E-state index contributed by atoms with van der Waals surface area (Å²) in [5.41, 5.74) is -3.08. The number of nitrogens with zero attached hydrogens (tertiary/aromatic N) is 2. The summed E-state index contributed by atoms with van der Waals surface area (Å²) in [7, 11) is -3.28. The Morgan fingerprint density at radius 3 is 1.92 bits per heavy atom. The molecule has 0 radical (unpaired) electrons. The molecular formula is C27H32F6N2O3S. The van der Waals surface area contributed by atoms with Crippen molar-refractivity contribution >= 4 is 10.0 Å². The monoisotopic (exact) mass is 578 g/mol. The minimum Gasteiger partial charge on any atom is -0.369 e. The van der Waals surface area contributed by atoms with Gasteiger partial charge in [0.2, 0.25) is 10.0 Å². The molecule has 1 N–H and O–H groups in total. The van der Waals surface area contributed by atoms with Crippen LogP contribution in [0.4, 0.5) is 26.3 Å². The van der Waals surface area contributed by atoms with Crippen molar-refractivity contribution in [2.75, 3.05) is 19.3 Å². The van der Waals surface area contributed by atoms with Crippen LogP contribution >= 0.6 is 0 Å². The lowest BCUT2D eigenvalue weighted by Gasteiger charge is -2.39. The van der Waals surface area contributed by atoms with Crippen LogP contribution in [0.3, 0.4) is 0 Å². The van der Waals surface area contributed by atoms with E-state index in [2.05, 4.69) is 4.90 Å². The van der Waals surface area contributed by atoms with E-state index in [1.165, 1.54) is 19.2 Å². The van der Waals surface area contributed by atoms with E-state index in [4.69, 9.17) is 0 Å². The van der Waals surface area contributed by atoms with Gasteiger partial charge in [-0.05, 0) is 53.5 Å². The molecule has 2 aliphatic heterocycles. The largest absolute Gasteiger partial charge is 0.430 e. The van der Waals surface area contributed by atoms with Gasteiger partial charge in [-0.3, -0.25) is 4.90 Å². The first-order valence-corrected chi connectivity index (χ1v) is 14.5. The molecule has 12 heteroatoms. The number of sulfonamides is 1. The molecule has 2 saturated heterocycles. The molecule has 0 spiro atoms. The van der Waals surface area contributed by atoms with E-state index in [0.717, 1.165) is 30.0 Å². The third-order valence-corrected chi connectivity index (χ3v) is 9.13. The van der Waals surface area contributed by atoms with E-state index in [1.807, 2.05) is 32.0 Å². The number of likely N-dealkylation sites (tertiary alicyclic amines) is 1. The van der Waals surface area contributed by atoms with Crippen molar-refractivity contribution in [3.05, 3.63) is 58.7 Å². The maximum absolute atomic E-state index is 13.4. The summed E-state index contributed by atoms with van der Waals surface area (Å²) in [5.74, 6) is -0.000397. The number of aryl methyl sites for hydroxylation is 1. The number of fused-ring (bicyclic) bond motifs is 2. The summed E-state index contributed by atoms with van der Waals surface area (Å²) in [6.45, 7) is 7.13. The van der Waals surface area contributed by atoms with Gasteiger partial charge in [0.1, 0.15) is 0 Å². The van der Waals surface area contributed by atoms with Gasteiger partial charge in [-0.25, -0.2) is 8.42 Å². The molecule has 2 atom stereocenters. The number of halogens is 6. The van der Waals surface area contributed by atoms with Gasteiger partial charge < -0.3 is 5.11 Å². The van der Waals surface area contributed by atoms with E-state index >= 15 is 0 Å². The molecule has 2 fully saturated rings. The highest BCUT2D eigenvalue weighted by Gasteiger charge is 2.71. The fourth-order valence-corrected chi connectivity index (χ4v) is 7.42. The van der Waals surface area contributed by atoms with Crippen molar-refractivity contribution in [1.29, 1.82) is 0 Å². The number of piperazine rings is 1. The Morgan fingerprint density at radius 2 is 1.46 bits per heavy atom. The van der Waals surface area contributed by atoms with E-state index in [0.29, 0.717) is 36.8 Å². The zero-order valence-electron chi connectivity index (χ0n) is 22.1. The van der Waals surface area contributed by atoms with Crippen LogP contribution in [0.2, 0.25) is 0 Å². The first kappa shape index (κ1) is 29.8. The lowest BCUT2D eigenvalue weighted by atomic mass is 9.85. The average molecular weight is 579 g/mol. The molecule has 4 rings (SSSR count). The number of rotatable bonds is 6. The third kappa shape index (κ3) is 5.45. The molecule has 2 heterocycles. The van der Waals surface area contributed by atoms with Crippen LogP contribution in [0.15, 0.2) is 36.4 Å². The van der Waals surface area contributed by atoms with Gasteiger partial charge in [0.25, 0.3) is 5.60 Å². The molecule has 0 amide bonds. The van der Waals surface area contributed by atoms with Crippen molar-refractivity contribution in [2.45, 2.75) is 76.1 Å². The molecular weight excluding hydrogens is 546 g/mol. The Bertz CT molecular complexity index is 1310.